The van der Waals surface area contributed by atoms with Crippen LogP contribution in [0.4, 0.5) is 0 Å². The van der Waals surface area contributed by atoms with Crippen molar-refractivity contribution in [1.29, 1.82) is 0 Å². The van der Waals surface area contributed by atoms with Crippen molar-refractivity contribution in [1.82, 2.24) is 20.1 Å². The van der Waals surface area contributed by atoms with Gasteiger partial charge in [0.2, 0.25) is 0 Å². The molecule has 1 saturated heterocycles. The van der Waals surface area contributed by atoms with Gasteiger partial charge in [0.05, 0.1) is 10.3 Å². The number of rotatable bonds is 5. The molecular weight excluding hydrogens is 545 g/mol. The number of hydrogen-bond acceptors (Lipinski definition) is 5. The molecule has 0 saturated carbocycles. The molecule has 26 heavy (non-hydrogen) atoms. The van der Waals surface area contributed by atoms with Gasteiger partial charge < -0.3 is 10.2 Å². The molecule has 9 heteroatoms. The molecule has 3 rings (SSSR count). The van der Waals surface area contributed by atoms with E-state index < -0.39 is 0 Å². The van der Waals surface area contributed by atoms with Crippen LogP contribution in [-0.2, 0) is 13.1 Å². The minimum absolute atomic E-state index is 0. The van der Waals surface area contributed by atoms with Gasteiger partial charge in [-0.2, -0.15) is 0 Å². The Labute approximate surface area is 189 Å². The van der Waals surface area contributed by atoms with E-state index in [9.17, 15) is 0 Å². The van der Waals surface area contributed by atoms with Gasteiger partial charge >= 0.3 is 0 Å². The minimum Gasteiger partial charge on any atom is -0.357 e. The van der Waals surface area contributed by atoms with Crippen LogP contribution in [0.2, 0.25) is 0 Å². The molecule has 2 aromatic rings. The molecule has 0 atom stereocenters. The number of aryl methyl sites for hydroxylation is 1. The normalized spacial score (nSPS) is 15.8. The lowest BCUT2D eigenvalue weighted by Crippen LogP contribution is -2.52. The zero-order valence-electron chi connectivity index (χ0n) is 15.1. The summed E-state index contributed by atoms with van der Waals surface area (Å²) in [5, 5.41) is 4.51. The molecule has 1 N–H and O–H groups in total. The molecule has 2 aromatic heterocycles. The maximum absolute atomic E-state index is 4.79. The molecule has 144 valence electrons. The Morgan fingerprint density at radius 1 is 1.27 bits per heavy atom. The third-order valence-electron chi connectivity index (χ3n) is 4.05. The molecule has 1 aliphatic heterocycles. The maximum Gasteiger partial charge on any atom is 0.194 e. The van der Waals surface area contributed by atoms with E-state index in [0.717, 1.165) is 50.2 Å². The van der Waals surface area contributed by atoms with Gasteiger partial charge in [-0.1, -0.05) is 0 Å². The molecule has 3 heterocycles. The highest BCUT2D eigenvalue weighted by atomic mass is 127. The highest BCUT2D eigenvalue weighted by Gasteiger charge is 2.20. The molecule has 0 amide bonds. The maximum atomic E-state index is 4.79. The molecule has 5 nitrogen and oxygen atoms in total. The zero-order valence-corrected chi connectivity index (χ0v) is 20.6. The van der Waals surface area contributed by atoms with E-state index in [0.29, 0.717) is 6.54 Å². The summed E-state index contributed by atoms with van der Waals surface area (Å²) < 4.78 is 1.21. The van der Waals surface area contributed by atoms with Gasteiger partial charge in [-0.05, 0) is 41.9 Å². The van der Waals surface area contributed by atoms with Crippen molar-refractivity contribution in [3.05, 3.63) is 36.9 Å². The van der Waals surface area contributed by atoms with Crippen LogP contribution in [0.3, 0.4) is 0 Å². The number of aromatic nitrogens is 1. The summed E-state index contributed by atoms with van der Waals surface area (Å²) in [6.45, 7) is 10.9. The van der Waals surface area contributed by atoms with Crippen LogP contribution >= 0.6 is 62.6 Å². The van der Waals surface area contributed by atoms with E-state index >= 15 is 0 Å². The predicted octanol–water partition coefficient (Wildman–Crippen LogP) is 4.18. The fourth-order valence-corrected chi connectivity index (χ4v) is 5.06. The lowest BCUT2D eigenvalue weighted by atomic mass is 10.3. The number of piperazine rings is 1. The molecule has 0 spiro atoms. The first kappa shape index (κ1) is 22.1. The quantitative estimate of drug-likeness (QED) is 0.333. The third kappa shape index (κ3) is 6.43. The van der Waals surface area contributed by atoms with Gasteiger partial charge in [0, 0.05) is 55.2 Å². The van der Waals surface area contributed by atoms with Crippen molar-refractivity contribution in [2.24, 2.45) is 4.99 Å². The van der Waals surface area contributed by atoms with Gasteiger partial charge in [0.1, 0.15) is 5.01 Å². The van der Waals surface area contributed by atoms with Crippen LogP contribution < -0.4 is 5.32 Å². The van der Waals surface area contributed by atoms with Crippen LogP contribution in [0.1, 0.15) is 21.7 Å². The van der Waals surface area contributed by atoms with Gasteiger partial charge in [0.25, 0.3) is 0 Å². The van der Waals surface area contributed by atoms with Crippen LogP contribution in [-0.4, -0.2) is 53.5 Å². The molecule has 0 radical (unpaired) electrons. The largest absolute Gasteiger partial charge is 0.357 e. The Hall–Kier alpha value is -0.230. The lowest BCUT2D eigenvalue weighted by Gasteiger charge is -2.36. The standard InChI is InChI=1S/C17H24BrN5S2.HI/c1-3-19-17(21-11-16-20-10-13(2)24-16)23-8-6-22(7-9-23)12-14-4-5-15(18)25-14;/h4-5,10H,3,6-9,11-12H2,1-2H3,(H,19,21);1H. The fourth-order valence-electron chi connectivity index (χ4n) is 2.82. The smallest absolute Gasteiger partial charge is 0.194 e. The number of thiazole rings is 1. The predicted molar refractivity (Wildman–Crippen MR) is 126 cm³/mol. The molecule has 0 bridgehead atoms. The Kier molecular flexibility index (Phi) is 9.28. The molecule has 0 unspecified atom stereocenters. The van der Waals surface area contributed by atoms with Crippen molar-refractivity contribution in [3.63, 3.8) is 0 Å². The third-order valence-corrected chi connectivity index (χ3v) is 6.55. The second kappa shape index (κ2) is 10.9. The van der Waals surface area contributed by atoms with E-state index in [1.54, 1.807) is 11.3 Å². The van der Waals surface area contributed by atoms with Crippen molar-refractivity contribution in [2.45, 2.75) is 26.9 Å². The Bertz CT molecular complexity index is 710. The molecule has 1 fully saturated rings. The van der Waals surface area contributed by atoms with Gasteiger partial charge in [-0.15, -0.1) is 46.7 Å². The summed E-state index contributed by atoms with van der Waals surface area (Å²) in [6, 6.07) is 4.34. The van der Waals surface area contributed by atoms with Crippen molar-refractivity contribution < 1.29 is 0 Å². The van der Waals surface area contributed by atoms with Crippen LogP contribution in [0.5, 0.6) is 0 Å². The van der Waals surface area contributed by atoms with Crippen molar-refractivity contribution >= 4 is 68.5 Å². The SMILES string of the molecule is CCNC(=NCc1ncc(C)s1)N1CCN(Cc2ccc(Br)s2)CC1.I. The molecule has 0 aliphatic carbocycles. The Morgan fingerprint density at radius 3 is 2.62 bits per heavy atom. The minimum atomic E-state index is 0. The number of nitrogens with one attached hydrogen (secondary N) is 1. The summed E-state index contributed by atoms with van der Waals surface area (Å²) in [4.78, 5) is 16.7. The average Bonchev–Trinajstić information content (AvgIpc) is 3.20. The van der Waals surface area contributed by atoms with Crippen LogP contribution in [0.15, 0.2) is 27.1 Å². The van der Waals surface area contributed by atoms with E-state index in [-0.39, 0.29) is 24.0 Å². The van der Waals surface area contributed by atoms with Crippen molar-refractivity contribution in [2.75, 3.05) is 32.7 Å². The fraction of sp³-hybridized carbons (Fsp3) is 0.529. The van der Waals surface area contributed by atoms with Crippen LogP contribution in [0.25, 0.3) is 0 Å². The monoisotopic (exact) mass is 569 g/mol. The summed E-state index contributed by atoms with van der Waals surface area (Å²) in [5.74, 6) is 1.01. The molecule has 1 aliphatic rings. The van der Waals surface area contributed by atoms with E-state index in [2.05, 4.69) is 62.0 Å². The number of hydrogen-bond donors (Lipinski definition) is 1. The molecule has 0 aromatic carbocycles. The topological polar surface area (TPSA) is 43.8 Å². The molecular formula is C17H25BrIN5S2. The zero-order chi connectivity index (χ0) is 17.6. The van der Waals surface area contributed by atoms with E-state index in [1.807, 2.05) is 17.5 Å². The first-order valence-corrected chi connectivity index (χ1v) is 11.0. The summed E-state index contributed by atoms with van der Waals surface area (Å²) in [7, 11) is 0. The number of halogens is 2. The highest BCUT2D eigenvalue weighted by Crippen LogP contribution is 2.23. The second-order valence-electron chi connectivity index (χ2n) is 6.00. The van der Waals surface area contributed by atoms with Gasteiger partial charge in [0.15, 0.2) is 5.96 Å². The summed E-state index contributed by atoms with van der Waals surface area (Å²) in [5.41, 5.74) is 0. The number of nitrogens with zero attached hydrogens (tertiary/aromatic N) is 4. The number of thiophene rings is 1. The number of aliphatic imine (C=N–C) groups is 1. The first-order chi connectivity index (χ1) is 12.1. The first-order valence-electron chi connectivity index (χ1n) is 8.55. The van der Waals surface area contributed by atoms with E-state index in [4.69, 9.17) is 4.99 Å². The average molecular weight is 570 g/mol. The van der Waals surface area contributed by atoms with Gasteiger partial charge in [-0.25, -0.2) is 9.98 Å². The summed E-state index contributed by atoms with van der Waals surface area (Å²) in [6.07, 6.45) is 1.92. The van der Waals surface area contributed by atoms with Crippen LogP contribution in [0, 0.1) is 6.92 Å². The van der Waals surface area contributed by atoms with Crippen molar-refractivity contribution in [3.8, 4) is 0 Å². The number of guanidine groups is 1. The summed E-state index contributed by atoms with van der Waals surface area (Å²) >= 11 is 7.09. The Balaban J connectivity index is 0.00000243. The Morgan fingerprint density at radius 2 is 2.04 bits per heavy atom. The van der Waals surface area contributed by atoms with E-state index in [1.165, 1.54) is 13.5 Å². The second-order valence-corrected chi connectivity index (χ2v) is 9.87. The lowest BCUT2D eigenvalue weighted by molar-refractivity contribution is 0.173. The van der Waals surface area contributed by atoms with Gasteiger partial charge in [-0.3, -0.25) is 4.90 Å². The highest BCUT2D eigenvalue weighted by molar-refractivity contribution is 14.0.